The molecule has 4 N–H and O–H groups in total. The van der Waals surface area contributed by atoms with Gasteiger partial charge in [-0.15, -0.1) is 0 Å². The zero-order chi connectivity index (χ0) is 12.4. The summed E-state index contributed by atoms with van der Waals surface area (Å²) in [4.78, 5) is 21.7. The van der Waals surface area contributed by atoms with Crippen molar-refractivity contribution in [2.24, 2.45) is 5.73 Å². The third kappa shape index (κ3) is 2.36. The summed E-state index contributed by atoms with van der Waals surface area (Å²) >= 11 is 0. The average molecular weight is 235 g/mol. The standard InChI is InChI=1S/C11H13N3O3/c12-10(11(16)17)7-1-3-8(4-2-7)14-6-5-9(15)13-14/h1-4,10H,5-6,12H2,(H,13,15)(H,16,17). The van der Waals surface area contributed by atoms with Crippen molar-refractivity contribution in [2.75, 3.05) is 11.6 Å². The van der Waals surface area contributed by atoms with Crippen molar-refractivity contribution in [1.82, 2.24) is 5.43 Å². The highest BCUT2D eigenvalue weighted by molar-refractivity contribution is 5.81. The minimum Gasteiger partial charge on any atom is -0.480 e. The molecule has 1 unspecified atom stereocenters. The van der Waals surface area contributed by atoms with E-state index in [0.29, 0.717) is 18.5 Å². The molecule has 1 aromatic carbocycles. The van der Waals surface area contributed by atoms with E-state index in [2.05, 4.69) is 5.43 Å². The Bertz CT molecular complexity index is 444. The van der Waals surface area contributed by atoms with Gasteiger partial charge in [0.1, 0.15) is 6.04 Å². The fraction of sp³-hybridized carbons (Fsp3) is 0.273. The first-order valence-electron chi connectivity index (χ1n) is 5.23. The highest BCUT2D eigenvalue weighted by atomic mass is 16.4. The molecule has 1 amide bonds. The molecule has 1 aliphatic heterocycles. The number of amides is 1. The number of nitrogens with two attached hydrogens (primary N) is 1. The van der Waals surface area contributed by atoms with Gasteiger partial charge in [-0.1, -0.05) is 12.1 Å². The summed E-state index contributed by atoms with van der Waals surface area (Å²) in [5, 5.41) is 10.5. The van der Waals surface area contributed by atoms with Crippen LogP contribution in [0, 0.1) is 0 Å². The zero-order valence-corrected chi connectivity index (χ0v) is 9.09. The molecule has 0 bridgehead atoms. The number of nitrogens with one attached hydrogen (secondary N) is 1. The fourth-order valence-corrected chi connectivity index (χ4v) is 1.67. The lowest BCUT2D eigenvalue weighted by Crippen LogP contribution is -2.32. The number of anilines is 1. The van der Waals surface area contributed by atoms with Crippen LogP contribution >= 0.6 is 0 Å². The van der Waals surface area contributed by atoms with E-state index < -0.39 is 12.0 Å². The first-order chi connectivity index (χ1) is 8.08. The molecule has 0 saturated carbocycles. The van der Waals surface area contributed by atoms with Crippen molar-refractivity contribution < 1.29 is 14.7 Å². The van der Waals surface area contributed by atoms with Gasteiger partial charge in [-0.3, -0.25) is 20.0 Å². The molecule has 1 aromatic rings. The number of carboxylic acid groups (broad SMARTS) is 1. The lowest BCUT2D eigenvalue weighted by atomic mass is 10.1. The Hall–Kier alpha value is -2.08. The minimum atomic E-state index is -1.06. The van der Waals surface area contributed by atoms with Crippen molar-refractivity contribution in [2.45, 2.75) is 12.5 Å². The van der Waals surface area contributed by atoms with Crippen LogP contribution in [0.5, 0.6) is 0 Å². The number of aliphatic carboxylic acids is 1. The van der Waals surface area contributed by atoms with E-state index >= 15 is 0 Å². The topological polar surface area (TPSA) is 95.7 Å². The summed E-state index contributed by atoms with van der Waals surface area (Å²) < 4.78 is 0. The molecule has 90 valence electrons. The lowest BCUT2D eigenvalue weighted by Gasteiger charge is -2.17. The molecule has 1 aliphatic rings. The quantitative estimate of drug-likeness (QED) is 0.686. The second-order valence-corrected chi connectivity index (χ2v) is 3.84. The number of benzene rings is 1. The molecular weight excluding hydrogens is 222 g/mol. The van der Waals surface area contributed by atoms with Gasteiger partial charge in [0.2, 0.25) is 5.91 Å². The van der Waals surface area contributed by atoms with E-state index in [4.69, 9.17) is 10.8 Å². The van der Waals surface area contributed by atoms with Crippen molar-refractivity contribution in [3.63, 3.8) is 0 Å². The molecule has 0 radical (unpaired) electrons. The Labute approximate surface area is 98.0 Å². The van der Waals surface area contributed by atoms with Gasteiger partial charge < -0.3 is 10.8 Å². The normalized spacial score (nSPS) is 16.8. The van der Waals surface area contributed by atoms with E-state index in [1.807, 2.05) is 0 Å². The second kappa shape index (κ2) is 4.42. The van der Waals surface area contributed by atoms with Crippen LogP contribution in [-0.2, 0) is 9.59 Å². The highest BCUT2D eigenvalue weighted by Crippen LogP contribution is 2.19. The summed E-state index contributed by atoms with van der Waals surface area (Å²) in [5.74, 6) is -1.08. The Balaban J connectivity index is 2.13. The number of carbonyl (C=O) groups is 2. The van der Waals surface area contributed by atoms with Crippen LogP contribution in [0.15, 0.2) is 24.3 Å². The molecule has 0 aromatic heterocycles. The van der Waals surface area contributed by atoms with Crippen LogP contribution in [0.3, 0.4) is 0 Å². The predicted octanol–water partition coefficient (Wildman–Crippen LogP) is 0.0123. The fourth-order valence-electron chi connectivity index (χ4n) is 1.67. The second-order valence-electron chi connectivity index (χ2n) is 3.84. The third-order valence-corrected chi connectivity index (χ3v) is 2.65. The first-order valence-corrected chi connectivity index (χ1v) is 5.23. The van der Waals surface area contributed by atoms with Gasteiger partial charge in [-0.2, -0.15) is 0 Å². The van der Waals surface area contributed by atoms with Crippen LogP contribution in [0.25, 0.3) is 0 Å². The lowest BCUT2D eigenvalue weighted by molar-refractivity contribution is -0.138. The summed E-state index contributed by atoms with van der Waals surface area (Å²) in [6.45, 7) is 0.614. The molecule has 17 heavy (non-hydrogen) atoms. The van der Waals surface area contributed by atoms with Crippen LogP contribution in [0.1, 0.15) is 18.0 Å². The van der Waals surface area contributed by atoms with E-state index in [9.17, 15) is 9.59 Å². The monoisotopic (exact) mass is 235 g/mol. The van der Waals surface area contributed by atoms with Crippen LogP contribution in [0.2, 0.25) is 0 Å². The molecule has 0 aliphatic carbocycles. The van der Waals surface area contributed by atoms with Crippen molar-refractivity contribution in [3.05, 3.63) is 29.8 Å². The van der Waals surface area contributed by atoms with Gasteiger partial charge in [-0.25, -0.2) is 0 Å². The molecule has 6 heteroatoms. The molecular formula is C11H13N3O3. The maximum atomic E-state index is 11.0. The van der Waals surface area contributed by atoms with E-state index in [0.717, 1.165) is 5.69 Å². The summed E-state index contributed by atoms with van der Waals surface area (Å²) in [7, 11) is 0. The van der Waals surface area contributed by atoms with Crippen LogP contribution in [0.4, 0.5) is 5.69 Å². The van der Waals surface area contributed by atoms with Gasteiger partial charge in [0, 0.05) is 13.0 Å². The number of carboxylic acids is 1. The van der Waals surface area contributed by atoms with Gasteiger partial charge in [-0.05, 0) is 17.7 Å². The van der Waals surface area contributed by atoms with E-state index in [1.54, 1.807) is 29.3 Å². The first kappa shape index (κ1) is 11.4. The molecule has 1 saturated heterocycles. The van der Waals surface area contributed by atoms with Gasteiger partial charge in [0.25, 0.3) is 0 Å². The summed E-state index contributed by atoms with van der Waals surface area (Å²) in [6, 6.07) is 5.77. The number of carbonyl (C=O) groups excluding carboxylic acids is 1. The molecule has 6 nitrogen and oxygen atoms in total. The number of hydrogen-bond donors (Lipinski definition) is 3. The number of hydrogen-bond acceptors (Lipinski definition) is 4. The van der Waals surface area contributed by atoms with Crippen molar-refractivity contribution in [3.8, 4) is 0 Å². The number of hydrazine groups is 1. The SMILES string of the molecule is NC(C(=O)O)c1ccc(N2CCC(=O)N2)cc1. The zero-order valence-electron chi connectivity index (χ0n) is 9.09. The van der Waals surface area contributed by atoms with Crippen molar-refractivity contribution >= 4 is 17.6 Å². The van der Waals surface area contributed by atoms with Gasteiger partial charge in [0.15, 0.2) is 0 Å². The molecule has 0 spiro atoms. The number of rotatable bonds is 3. The molecule has 1 heterocycles. The maximum absolute atomic E-state index is 11.0. The van der Waals surface area contributed by atoms with E-state index in [-0.39, 0.29) is 5.91 Å². The summed E-state index contributed by atoms with van der Waals surface area (Å²) in [6.07, 6.45) is 0.469. The average Bonchev–Trinajstić information content (AvgIpc) is 2.75. The van der Waals surface area contributed by atoms with Crippen LogP contribution < -0.4 is 16.2 Å². The van der Waals surface area contributed by atoms with Gasteiger partial charge in [0.05, 0.1) is 5.69 Å². The third-order valence-electron chi connectivity index (χ3n) is 2.65. The Morgan fingerprint density at radius 3 is 2.53 bits per heavy atom. The number of nitrogens with zero attached hydrogens (tertiary/aromatic N) is 1. The Kier molecular flexibility index (Phi) is 2.97. The molecule has 2 rings (SSSR count). The Morgan fingerprint density at radius 1 is 1.41 bits per heavy atom. The summed E-state index contributed by atoms with van der Waals surface area (Å²) in [5.41, 5.74) is 9.52. The molecule has 1 fully saturated rings. The largest absolute Gasteiger partial charge is 0.480 e. The van der Waals surface area contributed by atoms with Gasteiger partial charge >= 0.3 is 5.97 Å². The predicted molar refractivity (Wildman–Crippen MR) is 61.1 cm³/mol. The van der Waals surface area contributed by atoms with Crippen molar-refractivity contribution in [1.29, 1.82) is 0 Å². The maximum Gasteiger partial charge on any atom is 0.325 e. The smallest absolute Gasteiger partial charge is 0.325 e. The minimum absolute atomic E-state index is 0.0173. The van der Waals surface area contributed by atoms with Crippen LogP contribution in [-0.4, -0.2) is 23.5 Å². The highest BCUT2D eigenvalue weighted by Gasteiger charge is 2.19. The molecule has 1 atom stereocenters. The van der Waals surface area contributed by atoms with E-state index in [1.165, 1.54) is 0 Å². The Morgan fingerprint density at radius 2 is 2.06 bits per heavy atom.